The van der Waals surface area contributed by atoms with Gasteiger partial charge in [0.1, 0.15) is 5.82 Å². The second-order valence-electron chi connectivity index (χ2n) is 5.23. The highest BCUT2D eigenvalue weighted by Gasteiger charge is 2.09. The van der Waals surface area contributed by atoms with E-state index in [0.29, 0.717) is 0 Å². The predicted molar refractivity (Wildman–Crippen MR) is 89.3 cm³/mol. The average molecular weight is 289 g/mol. The van der Waals surface area contributed by atoms with Crippen LogP contribution in [-0.2, 0) is 6.42 Å². The van der Waals surface area contributed by atoms with Crippen molar-refractivity contribution in [1.82, 2.24) is 15.0 Å². The van der Waals surface area contributed by atoms with Gasteiger partial charge >= 0.3 is 0 Å². The zero-order valence-electron chi connectivity index (χ0n) is 12.7. The molecule has 1 aromatic heterocycles. The molecule has 0 bridgehead atoms. The molecule has 3 aromatic rings. The lowest BCUT2D eigenvalue weighted by Gasteiger charge is -2.07. The minimum absolute atomic E-state index is 0.751. The first-order valence-electron chi connectivity index (χ1n) is 7.72. The lowest BCUT2D eigenvalue weighted by Crippen LogP contribution is -2.03. The number of unbranched alkanes of at least 4 members (excludes halogenated alkanes) is 1. The molecule has 0 saturated carbocycles. The summed E-state index contributed by atoms with van der Waals surface area (Å²) >= 11 is 0. The van der Waals surface area contributed by atoms with Gasteiger partial charge in [-0.15, -0.1) is 0 Å². The molecule has 0 spiro atoms. The molecule has 1 heterocycles. The van der Waals surface area contributed by atoms with Crippen molar-refractivity contribution in [2.45, 2.75) is 26.2 Å². The van der Waals surface area contributed by atoms with Gasteiger partial charge in [-0.3, -0.25) is 0 Å². The predicted octanol–water partition coefficient (Wildman–Crippen LogP) is 4.55. The fourth-order valence-electron chi connectivity index (χ4n) is 2.30. The molecule has 22 heavy (non-hydrogen) atoms. The van der Waals surface area contributed by atoms with Crippen LogP contribution < -0.4 is 0 Å². The van der Waals surface area contributed by atoms with Gasteiger partial charge in [0, 0.05) is 17.5 Å². The third-order valence-corrected chi connectivity index (χ3v) is 3.50. The Morgan fingerprint density at radius 2 is 1.18 bits per heavy atom. The van der Waals surface area contributed by atoms with Crippen LogP contribution in [0.3, 0.4) is 0 Å². The summed E-state index contributed by atoms with van der Waals surface area (Å²) in [5, 5.41) is 0. The average Bonchev–Trinajstić information content (AvgIpc) is 2.61. The number of rotatable bonds is 5. The molecule has 110 valence electrons. The van der Waals surface area contributed by atoms with E-state index in [2.05, 4.69) is 21.9 Å². The van der Waals surface area contributed by atoms with E-state index in [0.717, 1.165) is 47.9 Å². The van der Waals surface area contributed by atoms with Gasteiger partial charge < -0.3 is 0 Å². The Balaban J connectivity index is 2.06. The van der Waals surface area contributed by atoms with Crippen LogP contribution in [0.2, 0.25) is 0 Å². The molecular formula is C19H19N3. The Morgan fingerprint density at radius 3 is 1.64 bits per heavy atom. The van der Waals surface area contributed by atoms with Crippen molar-refractivity contribution < 1.29 is 0 Å². The Kier molecular flexibility index (Phi) is 4.54. The van der Waals surface area contributed by atoms with E-state index in [4.69, 9.17) is 0 Å². The number of hydrogen-bond acceptors (Lipinski definition) is 3. The number of nitrogens with zero attached hydrogens (tertiary/aromatic N) is 3. The molecule has 0 amide bonds. The van der Waals surface area contributed by atoms with Gasteiger partial charge in [-0.1, -0.05) is 74.0 Å². The van der Waals surface area contributed by atoms with Crippen molar-refractivity contribution in [2.24, 2.45) is 0 Å². The molecule has 0 radical (unpaired) electrons. The summed E-state index contributed by atoms with van der Waals surface area (Å²) in [4.78, 5) is 13.9. The van der Waals surface area contributed by atoms with Crippen molar-refractivity contribution in [3.63, 3.8) is 0 Å². The molecule has 0 saturated heterocycles. The molecule has 0 N–H and O–H groups in total. The zero-order chi connectivity index (χ0) is 15.2. The van der Waals surface area contributed by atoms with Gasteiger partial charge in [0.15, 0.2) is 11.6 Å². The first kappa shape index (κ1) is 14.4. The highest BCUT2D eigenvalue weighted by atomic mass is 15.0. The van der Waals surface area contributed by atoms with Gasteiger partial charge in [0.2, 0.25) is 0 Å². The van der Waals surface area contributed by atoms with E-state index in [1.54, 1.807) is 0 Å². The SMILES string of the molecule is CCCCc1nc(-c2ccccc2)nc(-c2ccccc2)n1. The smallest absolute Gasteiger partial charge is 0.163 e. The first-order chi connectivity index (χ1) is 10.9. The number of benzene rings is 2. The van der Waals surface area contributed by atoms with E-state index < -0.39 is 0 Å². The van der Waals surface area contributed by atoms with Crippen LogP contribution >= 0.6 is 0 Å². The summed E-state index contributed by atoms with van der Waals surface area (Å²) in [6.45, 7) is 2.18. The van der Waals surface area contributed by atoms with Crippen molar-refractivity contribution in [3.05, 3.63) is 66.5 Å². The Hall–Kier alpha value is -2.55. The summed E-state index contributed by atoms with van der Waals surface area (Å²) < 4.78 is 0. The van der Waals surface area contributed by atoms with Gasteiger partial charge in [-0.05, 0) is 6.42 Å². The monoisotopic (exact) mass is 289 g/mol. The largest absolute Gasteiger partial charge is 0.213 e. The molecule has 3 nitrogen and oxygen atoms in total. The minimum atomic E-state index is 0.751. The minimum Gasteiger partial charge on any atom is -0.213 e. The quantitative estimate of drug-likeness (QED) is 0.691. The standard InChI is InChI=1S/C19H19N3/c1-2-3-14-17-20-18(15-10-6-4-7-11-15)22-19(21-17)16-12-8-5-9-13-16/h4-13H,2-3,14H2,1H3. The number of aromatic nitrogens is 3. The molecule has 3 rings (SSSR count). The van der Waals surface area contributed by atoms with E-state index in [1.807, 2.05) is 60.7 Å². The van der Waals surface area contributed by atoms with Gasteiger partial charge in [0.25, 0.3) is 0 Å². The Bertz CT molecular complexity index is 666. The van der Waals surface area contributed by atoms with Crippen LogP contribution in [0.5, 0.6) is 0 Å². The number of hydrogen-bond donors (Lipinski definition) is 0. The van der Waals surface area contributed by atoms with Crippen molar-refractivity contribution in [3.8, 4) is 22.8 Å². The van der Waals surface area contributed by atoms with Crippen LogP contribution in [0.15, 0.2) is 60.7 Å². The van der Waals surface area contributed by atoms with Crippen molar-refractivity contribution >= 4 is 0 Å². The van der Waals surface area contributed by atoms with E-state index >= 15 is 0 Å². The summed E-state index contributed by atoms with van der Waals surface area (Å²) in [5.41, 5.74) is 2.06. The van der Waals surface area contributed by atoms with Crippen LogP contribution in [-0.4, -0.2) is 15.0 Å². The van der Waals surface area contributed by atoms with Gasteiger partial charge in [0.05, 0.1) is 0 Å². The van der Waals surface area contributed by atoms with Crippen LogP contribution in [0, 0.1) is 0 Å². The zero-order valence-corrected chi connectivity index (χ0v) is 12.7. The van der Waals surface area contributed by atoms with Crippen molar-refractivity contribution in [1.29, 1.82) is 0 Å². The molecule has 3 heteroatoms. The third-order valence-electron chi connectivity index (χ3n) is 3.50. The van der Waals surface area contributed by atoms with Crippen LogP contribution in [0.25, 0.3) is 22.8 Å². The molecular weight excluding hydrogens is 270 g/mol. The molecule has 0 aliphatic heterocycles. The fourth-order valence-corrected chi connectivity index (χ4v) is 2.30. The molecule has 0 unspecified atom stereocenters. The second-order valence-corrected chi connectivity index (χ2v) is 5.23. The summed E-state index contributed by atoms with van der Waals surface area (Å²) in [6.07, 6.45) is 3.11. The molecule has 2 aromatic carbocycles. The lowest BCUT2D eigenvalue weighted by molar-refractivity contribution is 0.748. The molecule has 0 atom stereocenters. The molecule has 0 aliphatic rings. The third kappa shape index (κ3) is 3.37. The fraction of sp³-hybridized carbons (Fsp3) is 0.211. The van der Waals surface area contributed by atoms with Crippen LogP contribution in [0.4, 0.5) is 0 Å². The topological polar surface area (TPSA) is 38.7 Å². The van der Waals surface area contributed by atoms with Gasteiger partial charge in [-0.25, -0.2) is 15.0 Å². The van der Waals surface area contributed by atoms with Gasteiger partial charge in [-0.2, -0.15) is 0 Å². The maximum atomic E-state index is 4.66. The molecule has 0 fully saturated rings. The first-order valence-corrected chi connectivity index (χ1v) is 7.72. The van der Waals surface area contributed by atoms with E-state index in [9.17, 15) is 0 Å². The summed E-state index contributed by atoms with van der Waals surface area (Å²) in [5.74, 6) is 2.37. The highest BCUT2D eigenvalue weighted by Crippen LogP contribution is 2.20. The van der Waals surface area contributed by atoms with E-state index in [-0.39, 0.29) is 0 Å². The van der Waals surface area contributed by atoms with Crippen molar-refractivity contribution in [2.75, 3.05) is 0 Å². The number of aryl methyl sites for hydroxylation is 1. The summed E-state index contributed by atoms with van der Waals surface area (Å²) in [6, 6.07) is 20.2. The maximum Gasteiger partial charge on any atom is 0.163 e. The second kappa shape index (κ2) is 6.94. The lowest BCUT2D eigenvalue weighted by atomic mass is 10.2. The Labute approximate surface area is 131 Å². The maximum absolute atomic E-state index is 4.66. The van der Waals surface area contributed by atoms with E-state index in [1.165, 1.54) is 0 Å². The highest BCUT2D eigenvalue weighted by molar-refractivity contribution is 5.60. The summed E-state index contributed by atoms with van der Waals surface area (Å²) in [7, 11) is 0. The normalized spacial score (nSPS) is 10.6. The Morgan fingerprint density at radius 1 is 0.682 bits per heavy atom. The molecule has 0 aliphatic carbocycles. The van der Waals surface area contributed by atoms with Crippen LogP contribution in [0.1, 0.15) is 25.6 Å².